The predicted molar refractivity (Wildman–Crippen MR) is 49.2 cm³/mol. The Labute approximate surface area is 89.3 Å². The highest BCUT2D eigenvalue weighted by atomic mass is 16.4. The third-order valence-electron chi connectivity index (χ3n) is 3.73. The van der Waals surface area contributed by atoms with Gasteiger partial charge in [0, 0.05) is 23.8 Å². The van der Waals surface area contributed by atoms with Crippen LogP contribution in [0.15, 0.2) is 0 Å². The van der Waals surface area contributed by atoms with Crippen LogP contribution in [0.25, 0.3) is 0 Å². The molecule has 1 aliphatic rings. The molecule has 0 aliphatic heterocycles. The summed E-state index contributed by atoms with van der Waals surface area (Å²) in [5.74, 6) is -3.50. The van der Waals surface area contributed by atoms with Crippen LogP contribution >= 0.6 is 0 Å². The summed E-state index contributed by atoms with van der Waals surface area (Å²) in [6, 6.07) is 0. The van der Waals surface area contributed by atoms with Crippen molar-refractivity contribution < 1.29 is 19.8 Å². The lowest BCUT2D eigenvalue weighted by Crippen LogP contribution is -2.40. The van der Waals surface area contributed by atoms with E-state index in [0.717, 1.165) is 0 Å². The summed E-state index contributed by atoms with van der Waals surface area (Å²) in [4.78, 5) is 21.7. The van der Waals surface area contributed by atoms with E-state index < -0.39 is 23.8 Å². The van der Waals surface area contributed by atoms with E-state index >= 15 is 0 Å². The van der Waals surface area contributed by atoms with Gasteiger partial charge >= 0.3 is 0 Å². The maximum Gasteiger partial charge on any atom is 0.0448 e. The SMILES string of the molecule is CC1C(C(=O)[O-])CCCC(C(=O)[O-])C1C. The van der Waals surface area contributed by atoms with E-state index in [1.807, 2.05) is 0 Å². The lowest BCUT2D eigenvalue weighted by molar-refractivity contribution is -0.317. The van der Waals surface area contributed by atoms with Gasteiger partial charge in [-0.3, -0.25) is 0 Å². The molecule has 1 aliphatic carbocycles. The minimum atomic E-state index is -1.06. The van der Waals surface area contributed by atoms with Crippen LogP contribution in [0, 0.1) is 23.7 Å². The molecule has 4 heteroatoms. The van der Waals surface area contributed by atoms with E-state index in [1.54, 1.807) is 13.8 Å². The van der Waals surface area contributed by atoms with E-state index in [0.29, 0.717) is 19.3 Å². The van der Waals surface area contributed by atoms with E-state index in [2.05, 4.69) is 0 Å². The largest absolute Gasteiger partial charge is 0.550 e. The van der Waals surface area contributed by atoms with Gasteiger partial charge in [-0.1, -0.05) is 20.3 Å². The fourth-order valence-corrected chi connectivity index (χ4v) is 2.48. The molecular formula is C11H16O4-2. The molecule has 4 atom stereocenters. The van der Waals surface area contributed by atoms with Crippen molar-refractivity contribution in [2.24, 2.45) is 23.7 Å². The van der Waals surface area contributed by atoms with Crippen molar-refractivity contribution >= 4 is 11.9 Å². The fourth-order valence-electron chi connectivity index (χ4n) is 2.48. The normalized spacial score (nSPS) is 36.9. The maximum atomic E-state index is 10.9. The first kappa shape index (κ1) is 12.0. The third-order valence-corrected chi connectivity index (χ3v) is 3.73. The van der Waals surface area contributed by atoms with Crippen LogP contribution in [0.5, 0.6) is 0 Å². The first-order chi connectivity index (χ1) is 6.95. The summed E-state index contributed by atoms with van der Waals surface area (Å²) in [6.07, 6.45) is 1.64. The summed E-state index contributed by atoms with van der Waals surface area (Å²) in [7, 11) is 0. The number of aliphatic carboxylic acids is 2. The number of carboxylic acids is 2. The molecule has 4 unspecified atom stereocenters. The summed E-state index contributed by atoms with van der Waals surface area (Å²) >= 11 is 0. The average Bonchev–Trinajstić information content (AvgIpc) is 2.27. The second-order valence-electron chi connectivity index (χ2n) is 4.50. The quantitative estimate of drug-likeness (QED) is 0.560. The van der Waals surface area contributed by atoms with Gasteiger partial charge in [0.15, 0.2) is 0 Å². The van der Waals surface area contributed by atoms with Gasteiger partial charge in [0.2, 0.25) is 0 Å². The molecule has 0 aromatic rings. The monoisotopic (exact) mass is 212 g/mol. The van der Waals surface area contributed by atoms with Gasteiger partial charge in [-0.15, -0.1) is 0 Å². The highest BCUT2D eigenvalue weighted by Crippen LogP contribution is 2.36. The number of hydrogen-bond acceptors (Lipinski definition) is 4. The Balaban J connectivity index is 2.82. The van der Waals surface area contributed by atoms with Crippen LogP contribution in [0.2, 0.25) is 0 Å². The molecule has 0 N–H and O–H groups in total. The van der Waals surface area contributed by atoms with E-state index in [1.165, 1.54) is 0 Å². The second kappa shape index (κ2) is 4.64. The number of carboxylic acid groups (broad SMARTS) is 2. The topological polar surface area (TPSA) is 80.3 Å². The first-order valence-electron chi connectivity index (χ1n) is 5.37. The molecule has 0 bridgehead atoms. The molecule has 0 amide bonds. The van der Waals surface area contributed by atoms with E-state index in [4.69, 9.17) is 0 Å². The van der Waals surface area contributed by atoms with Gasteiger partial charge in [-0.25, -0.2) is 0 Å². The van der Waals surface area contributed by atoms with Gasteiger partial charge in [0.25, 0.3) is 0 Å². The second-order valence-corrected chi connectivity index (χ2v) is 4.50. The highest BCUT2D eigenvalue weighted by Gasteiger charge is 2.32. The van der Waals surface area contributed by atoms with Gasteiger partial charge in [0.05, 0.1) is 0 Å². The Kier molecular flexibility index (Phi) is 3.72. The number of carbonyl (C=O) groups is 2. The van der Waals surface area contributed by atoms with Crippen molar-refractivity contribution in [3.05, 3.63) is 0 Å². The summed E-state index contributed by atoms with van der Waals surface area (Å²) in [6.45, 7) is 3.57. The molecule has 15 heavy (non-hydrogen) atoms. The minimum absolute atomic E-state index is 0.166. The minimum Gasteiger partial charge on any atom is -0.550 e. The van der Waals surface area contributed by atoms with Crippen LogP contribution in [-0.4, -0.2) is 11.9 Å². The van der Waals surface area contributed by atoms with Crippen molar-refractivity contribution in [3.8, 4) is 0 Å². The van der Waals surface area contributed by atoms with E-state index in [-0.39, 0.29) is 11.8 Å². The fraction of sp³-hybridized carbons (Fsp3) is 0.818. The smallest absolute Gasteiger partial charge is 0.0448 e. The van der Waals surface area contributed by atoms with Crippen molar-refractivity contribution in [2.75, 3.05) is 0 Å². The standard InChI is InChI=1S/C11H18O4/c1-6-7(2)9(11(14)15)5-3-4-8(6)10(12)13/h6-9H,3-5H2,1-2H3,(H,12,13)(H,14,15)/p-2. The summed E-state index contributed by atoms with van der Waals surface area (Å²) in [5.41, 5.74) is 0. The molecule has 0 spiro atoms. The number of hydrogen-bond donors (Lipinski definition) is 0. The molecule has 0 heterocycles. The van der Waals surface area contributed by atoms with Crippen LogP contribution in [0.1, 0.15) is 33.1 Å². The van der Waals surface area contributed by atoms with Crippen LogP contribution < -0.4 is 10.2 Å². The Morgan fingerprint density at radius 3 is 1.53 bits per heavy atom. The molecular weight excluding hydrogens is 196 g/mol. The average molecular weight is 212 g/mol. The van der Waals surface area contributed by atoms with Gasteiger partial charge < -0.3 is 19.8 Å². The maximum absolute atomic E-state index is 10.9. The summed E-state index contributed by atoms with van der Waals surface area (Å²) < 4.78 is 0. The Morgan fingerprint density at radius 1 is 0.933 bits per heavy atom. The van der Waals surface area contributed by atoms with E-state index in [9.17, 15) is 19.8 Å². The lowest BCUT2D eigenvalue weighted by Gasteiger charge is -2.31. The first-order valence-corrected chi connectivity index (χ1v) is 5.37. The molecule has 1 fully saturated rings. The zero-order chi connectivity index (χ0) is 11.6. The van der Waals surface area contributed by atoms with Crippen LogP contribution in [0.4, 0.5) is 0 Å². The molecule has 0 radical (unpaired) electrons. The number of rotatable bonds is 2. The van der Waals surface area contributed by atoms with Gasteiger partial charge in [0.1, 0.15) is 0 Å². The van der Waals surface area contributed by atoms with Crippen molar-refractivity contribution in [1.29, 1.82) is 0 Å². The number of carbonyl (C=O) groups excluding carboxylic acids is 2. The molecule has 0 saturated heterocycles. The molecule has 4 nitrogen and oxygen atoms in total. The third kappa shape index (κ3) is 2.49. The Morgan fingerprint density at radius 2 is 1.27 bits per heavy atom. The molecule has 0 aromatic heterocycles. The van der Waals surface area contributed by atoms with Crippen molar-refractivity contribution in [2.45, 2.75) is 33.1 Å². The molecule has 86 valence electrons. The van der Waals surface area contributed by atoms with Gasteiger partial charge in [-0.05, 0) is 24.7 Å². The zero-order valence-electron chi connectivity index (χ0n) is 9.06. The summed E-state index contributed by atoms with van der Waals surface area (Å²) in [5, 5.41) is 21.7. The molecule has 0 aromatic carbocycles. The Hall–Kier alpha value is -1.06. The lowest BCUT2D eigenvalue weighted by atomic mass is 9.78. The van der Waals surface area contributed by atoms with Crippen molar-refractivity contribution in [1.82, 2.24) is 0 Å². The highest BCUT2D eigenvalue weighted by molar-refractivity contribution is 5.70. The zero-order valence-corrected chi connectivity index (χ0v) is 9.06. The molecule has 1 rings (SSSR count). The van der Waals surface area contributed by atoms with Gasteiger partial charge in [-0.2, -0.15) is 0 Å². The predicted octanol–water partition coefficient (Wildman–Crippen LogP) is -0.825. The van der Waals surface area contributed by atoms with Crippen LogP contribution in [-0.2, 0) is 9.59 Å². The van der Waals surface area contributed by atoms with Crippen LogP contribution in [0.3, 0.4) is 0 Å². The van der Waals surface area contributed by atoms with Crippen molar-refractivity contribution in [3.63, 3.8) is 0 Å². The molecule has 1 saturated carbocycles. The Bertz CT molecular complexity index is 235.